The number of rotatable bonds is 1. The van der Waals surface area contributed by atoms with E-state index in [4.69, 9.17) is 0 Å². The van der Waals surface area contributed by atoms with E-state index in [-0.39, 0.29) is 23.6 Å². The van der Waals surface area contributed by atoms with Gasteiger partial charge in [0.05, 0.1) is 17.8 Å². The molecule has 2 aliphatic heterocycles. The zero-order chi connectivity index (χ0) is 15.3. The van der Waals surface area contributed by atoms with Crippen molar-refractivity contribution >= 4 is 23.4 Å². The number of anilines is 1. The third-order valence-corrected chi connectivity index (χ3v) is 4.60. The second-order valence-electron chi connectivity index (χ2n) is 6.11. The van der Waals surface area contributed by atoms with Gasteiger partial charge in [0.2, 0.25) is 11.8 Å². The summed E-state index contributed by atoms with van der Waals surface area (Å²) in [5.41, 5.74) is 1.06. The summed E-state index contributed by atoms with van der Waals surface area (Å²) in [4.78, 5) is 40.7. The Hall–Kier alpha value is -2.37. The van der Waals surface area contributed by atoms with Crippen molar-refractivity contribution in [3.05, 3.63) is 29.8 Å². The van der Waals surface area contributed by atoms with Gasteiger partial charge >= 0.3 is 0 Å². The molecule has 1 aliphatic carbocycles. The smallest absolute Gasteiger partial charge is 0.256 e. The lowest BCUT2D eigenvalue weighted by molar-refractivity contribution is -0.136. The lowest BCUT2D eigenvalue weighted by Gasteiger charge is -2.39. The van der Waals surface area contributed by atoms with E-state index in [0.29, 0.717) is 30.9 Å². The highest BCUT2D eigenvalue weighted by molar-refractivity contribution is 6.10. The summed E-state index contributed by atoms with van der Waals surface area (Å²) in [6.07, 6.45) is 1.89. The molecule has 0 bridgehead atoms. The van der Waals surface area contributed by atoms with Crippen LogP contribution in [0.2, 0.25) is 0 Å². The molecule has 1 aromatic carbocycles. The number of fused-ring (bicyclic) bond motifs is 2. The van der Waals surface area contributed by atoms with E-state index in [9.17, 15) is 14.4 Å². The van der Waals surface area contributed by atoms with Crippen LogP contribution in [-0.2, 0) is 9.59 Å². The van der Waals surface area contributed by atoms with Crippen LogP contribution >= 0.6 is 0 Å². The molecule has 22 heavy (non-hydrogen) atoms. The average Bonchev–Trinajstić information content (AvgIpc) is 3.38. The fraction of sp³-hybridized carbons (Fsp3) is 0.438. The largest absolute Gasteiger partial charge is 0.338 e. The Kier molecular flexibility index (Phi) is 2.92. The highest BCUT2D eigenvalue weighted by Gasteiger charge is 2.42. The Morgan fingerprint density at radius 1 is 1.14 bits per heavy atom. The van der Waals surface area contributed by atoms with Crippen molar-refractivity contribution < 1.29 is 14.4 Å². The molecule has 2 fully saturated rings. The third kappa shape index (κ3) is 2.06. The summed E-state index contributed by atoms with van der Waals surface area (Å²) in [6.45, 7) is 1.21. The molecule has 1 atom stereocenters. The SMILES string of the molecule is O=C1Nc2ccccc2C(=O)N2CCN(C(=O)C3CC3)CC12. The zero-order valence-electron chi connectivity index (χ0n) is 12.1. The maximum absolute atomic E-state index is 12.7. The molecule has 6 heteroatoms. The number of carbonyl (C=O) groups is 3. The monoisotopic (exact) mass is 299 g/mol. The Labute approximate surface area is 128 Å². The highest BCUT2D eigenvalue weighted by atomic mass is 16.2. The van der Waals surface area contributed by atoms with E-state index in [2.05, 4.69) is 5.32 Å². The first-order chi connectivity index (χ1) is 10.6. The van der Waals surface area contributed by atoms with Gasteiger partial charge in [0.25, 0.3) is 5.91 Å². The Bertz CT molecular complexity index is 668. The van der Waals surface area contributed by atoms with Crippen LogP contribution in [0.5, 0.6) is 0 Å². The first kappa shape index (κ1) is 13.3. The van der Waals surface area contributed by atoms with Crippen molar-refractivity contribution in [2.24, 2.45) is 5.92 Å². The van der Waals surface area contributed by atoms with Crippen LogP contribution in [0.25, 0.3) is 0 Å². The van der Waals surface area contributed by atoms with Crippen LogP contribution in [0.1, 0.15) is 23.2 Å². The van der Waals surface area contributed by atoms with Crippen LogP contribution < -0.4 is 5.32 Å². The fourth-order valence-electron chi connectivity index (χ4n) is 3.19. The molecule has 3 amide bonds. The number of nitrogens with zero attached hydrogens (tertiary/aromatic N) is 2. The first-order valence-corrected chi connectivity index (χ1v) is 7.65. The maximum Gasteiger partial charge on any atom is 0.256 e. The number of hydrogen-bond acceptors (Lipinski definition) is 3. The van der Waals surface area contributed by atoms with E-state index >= 15 is 0 Å². The van der Waals surface area contributed by atoms with Gasteiger partial charge in [-0.2, -0.15) is 0 Å². The second-order valence-corrected chi connectivity index (χ2v) is 6.11. The number of benzene rings is 1. The highest BCUT2D eigenvalue weighted by Crippen LogP contribution is 2.32. The minimum absolute atomic E-state index is 0.127. The van der Waals surface area contributed by atoms with Crippen LogP contribution in [0, 0.1) is 5.92 Å². The van der Waals surface area contributed by atoms with E-state index in [1.54, 1.807) is 34.1 Å². The van der Waals surface area contributed by atoms with Crippen LogP contribution in [-0.4, -0.2) is 53.2 Å². The minimum atomic E-state index is -0.601. The molecule has 1 unspecified atom stereocenters. The molecule has 1 N–H and O–H groups in total. The molecular weight excluding hydrogens is 282 g/mol. The van der Waals surface area contributed by atoms with Gasteiger partial charge in [0, 0.05) is 19.0 Å². The maximum atomic E-state index is 12.7. The van der Waals surface area contributed by atoms with E-state index in [1.165, 1.54) is 0 Å². The molecule has 1 saturated heterocycles. The van der Waals surface area contributed by atoms with E-state index < -0.39 is 6.04 Å². The van der Waals surface area contributed by atoms with Crippen LogP contribution in [0.15, 0.2) is 24.3 Å². The fourth-order valence-corrected chi connectivity index (χ4v) is 3.19. The van der Waals surface area contributed by atoms with Crippen molar-refractivity contribution in [2.45, 2.75) is 18.9 Å². The van der Waals surface area contributed by atoms with Gasteiger partial charge in [-0.15, -0.1) is 0 Å². The van der Waals surface area contributed by atoms with Gasteiger partial charge in [0.1, 0.15) is 6.04 Å². The first-order valence-electron chi connectivity index (χ1n) is 7.65. The molecule has 0 radical (unpaired) electrons. The average molecular weight is 299 g/mol. The molecule has 1 aromatic rings. The molecule has 1 saturated carbocycles. The van der Waals surface area contributed by atoms with Crippen molar-refractivity contribution in [3.8, 4) is 0 Å². The van der Waals surface area contributed by atoms with Crippen molar-refractivity contribution in [1.29, 1.82) is 0 Å². The van der Waals surface area contributed by atoms with Crippen LogP contribution in [0.3, 0.4) is 0 Å². The van der Waals surface area contributed by atoms with Crippen LogP contribution in [0.4, 0.5) is 5.69 Å². The minimum Gasteiger partial charge on any atom is -0.338 e. The second kappa shape index (κ2) is 4.83. The zero-order valence-corrected chi connectivity index (χ0v) is 12.1. The summed E-state index contributed by atoms with van der Waals surface area (Å²) in [7, 11) is 0. The Balaban J connectivity index is 1.62. The topological polar surface area (TPSA) is 69.7 Å². The Morgan fingerprint density at radius 2 is 1.91 bits per heavy atom. The van der Waals surface area contributed by atoms with Gasteiger partial charge in [-0.3, -0.25) is 14.4 Å². The molecular formula is C16H17N3O3. The summed E-state index contributed by atoms with van der Waals surface area (Å²) >= 11 is 0. The van der Waals surface area contributed by atoms with Gasteiger partial charge < -0.3 is 15.1 Å². The molecule has 114 valence electrons. The van der Waals surface area contributed by atoms with E-state index in [0.717, 1.165) is 12.8 Å². The lowest BCUT2D eigenvalue weighted by Crippen LogP contribution is -2.59. The van der Waals surface area contributed by atoms with Gasteiger partial charge in [-0.05, 0) is 25.0 Å². The number of nitrogens with one attached hydrogen (secondary N) is 1. The molecule has 6 nitrogen and oxygen atoms in total. The Morgan fingerprint density at radius 3 is 2.68 bits per heavy atom. The predicted octanol–water partition coefficient (Wildman–Crippen LogP) is 0.702. The number of piperazine rings is 1. The summed E-state index contributed by atoms with van der Waals surface area (Å²) in [5.74, 6) is -0.0981. The number of hydrogen-bond donors (Lipinski definition) is 1. The quantitative estimate of drug-likeness (QED) is 0.830. The third-order valence-electron chi connectivity index (χ3n) is 4.60. The van der Waals surface area contributed by atoms with Gasteiger partial charge in [-0.1, -0.05) is 12.1 Å². The number of para-hydroxylation sites is 1. The van der Waals surface area contributed by atoms with Crippen molar-refractivity contribution in [1.82, 2.24) is 9.80 Å². The van der Waals surface area contributed by atoms with Gasteiger partial charge in [0.15, 0.2) is 0 Å². The molecule has 3 aliphatic rings. The standard InChI is InChI=1S/C16H17N3O3/c20-14-13-9-18(15(21)10-5-6-10)7-8-19(13)16(22)11-3-1-2-4-12(11)17-14/h1-4,10,13H,5-9H2,(H,17,20). The van der Waals surface area contributed by atoms with Crippen molar-refractivity contribution in [2.75, 3.05) is 25.0 Å². The van der Waals surface area contributed by atoms with Gasteiger partial charge in [-0.25, -0.2) is 0 Å². The molecule has 4 rings (SSSR count). The number of carbonyl (C=O) groups excluding carboxylic acids is 3. The normalized spacial score (nSPS) is 24.3. The predicted molar refractivity (Wildman–Crippen MR) is 79.2 cm³/mol. The number of amides is 3. The summed E-state index contributed by atoms with van der Waals surface area (Å²) in [6, 6.07) is 6.44. The molecule has 0 aromatic heterocycles. The summed E-state index contributed by atoms with van der Waals surface area (Å²) < 4.78 is 0. The molecule has 2 heterocycles. The van der Waals surface area contributed by atoms with Crippen molar-refractivity contribution in [3.63, 3.8) is 0 Å². The van der Waals surface area contributed by atoms with E-state index in [1.807, 2.05) is 0 Å². The molecule has 0 spiro atoms. The summed E-state index contributed by atoms with van der Waals surface area (Å²) in [5, 5.41) is 2.82. The lowest BCUT2D eigenvalue weighted by atomic mass is 10.1.